The van der Waals surface area contributed by atoms with Crippen molar-refractivity contribution in [2.45, 2.75) is 52.9 Å². The maximum Gasteiger partial charge on any atom is -0.0318 e. The molecule has 0 bridgehead atoms. The molecule has 3 atom stereocenters. The molecule has 2 aliphatic carbocycles. The predicted molar refractivity (Wildman–Crippen MR) is 57.6 cm³/mol. The molecule has 0 heteroatoms. The van der Waals surface area contributed by atoms with Gasteiger partial charge in [0.25, 0.3) is 0 Å². The molecule has 2 aliphatic rings. The van der Waals surface area contributed by atoms with Gasteiger partial charge in [0.15, 0.2) is 0 Å². The molecule has 76 valence electrons. The lowest BCUT2D eigenvalue weighted by Gasteiger charge is -2.13. The van der Waals surface area contributed by atoms with Crippen LogP contribution in [0.5, 0.6) is 0 Å². The SMILES string of the molecule is CCCC(C)CCC1C2C(CC)C12. The number of hydrogen-bond acceptors (Lipinski definition) is 0. The van der Waals surface area contributed by atoms with Crippen LogP contribution in [0.2, 0.25) is 0 Å². The first-order valence-electron chi connectivity index (χ1n) is 6.29. The molecule has 3 unspecified atom stereocenters. The van der Waals surface area contributed by atoms with Crippen molar-refractivity contribution < 1.29 is 0 Å². The Labute approximate surface area is 83.1 Å². The summed E-state index contributed by atoms with van der Waals surface area (Å²) in [4.78, 5) is 0. The molecule has 0 aromatic heterocycles. The lowest BCUT2D eigenvalue weighted by molar-refractivity contribution is 0.380. The summed E-state index contributed by atoms with van der Waals surface area (Å²) in [5.74, 6) is 5.76. The molecular weight excluding hydrogens is 156 g/mol. The van der Waals surface area contributed by atoms with Crippen LogP contribution in [0, 0.1) is 29.6 Å². The lowest BCUT2D eigenvalue weighted by atomic mass is 9.93. The second kappa shape index (κ2) is 3.63. The molecular formula is C13H24. The maximum atomic E-state index is 2.43. The van der Waals surface area contributed by atoms with Gasteiger partial charge in [0, 0.05) is 0 Å². The molecule has 0 aliphatic heterocycles. The van der Waals surface area contributed by atoms with Crippen molar-refractivity contribution in [1.82, 2.24) is 0 Å². The summed E-state index contributed by atoms with van der Waals surface area (Å²) in [6.45, 7) is 7.08. The first-order chi connectivity index (χ1) is 6.29. The molecule has 0 aromatic rings. The van der Waals surface area contributed by atoms with Crippen LogP contribution in [0.15, 0.2) is 0 Å². The summed E-state index contributed by atoms with van der Waals surface area (Å²) in [6.07, 6.45) is 7.32. The third-order valence-electron chi connectivity index (χ3n) is 4.39. The van der Waals surface area contributed by atoms with Crippen molar-refractivity contribution in [3.8, 4) is 0 Å². The van der Waals surface area contributed by atoms with Gasteiger partial charge in [-0.05, 0) is 36.0 Å². The topological polar surface area (TPSA) is 0 Å². The van der Waals surface area contributed by atoms with E-state index < -0.39 is 0 Å². The first-order valence-corrected chi connectivity index (χ1v) is 6.29. The molecule has 2 rings (SSSR count). The zero-order valence-corrected chi connectivity index (χ0v) is 9.42. The highest BCUT2D eigenvalue weighted by Crippen LogP contribution is 2.75. The minimum absolute atomic E-state index is 0.991. The van der Waals surface area contributed by atoms with Gasteiger partial charge in [-0.15, -0.1) is 0 Å². The van der Waals surface area contributed by atoms with Crippen molar-refractivity contribution in [3.63, 3.8) is 0 Å². The largest absolute Gasteiger partial charge is 0.0654 e. The van der Waals surface area contributed by atoms with E-state index in [1.165, 1.54) is 49.4 Å². The summed E-state index contributed by atoms with van der Waals surface area (Å²) in [5, 5.41) is 0. The highest BCUT2D eigenvalue weighted by Gasteiger charge is 2.70. The van der Waals surface area contributed by atoms with Crippen molar-refractivity contribution in [2.24, 2.45) is 29.6 Å². The second-order valence-corrected chi connectivity index (χ2v) is 5.36. The predicted octanol–water partition coefficient (Wildman–Crippen LogP) is 4.10. The standard InChI is InChI=1S/C13H24/c1-4-6-9(3)7-8-11-12-10(5-2)13(11)12/h9-13H,4-8H2,1-3H3. The van der Waals surface area contributed by atoms with Gasteiger partial charge < -0.3 is 0 Å². The lowest BCUT2D eigenvalue weighted by Crippen LogP contribution is -2.02. The van der Waals surface area contributed by atoms with Gasteiger partial charge in [-0.1, -0.05) is 46.5 Å². The normalized spacial score (nSPS) is 42.7. The van der Waals surface area contributed by atoms with Crippen molar-refractivity contribution in [3.05, 3.63) is 0 Å². The average molecular weight is 180 g/mol. The molecule has 2 fully saturated rings. The number of hydrogen-bond donors (Lipinski definition) is 0. The van der Waals surface area contributed by atoms with Crippen LogP contribution in [0.1, 0.15) is 52.9 Å². The molecule has 0 saturated heterocycles. The zero-order chi connectivity index (χ0) is 9.42. The van der Waals surface area contributed by atoms with Crippen LogP contribution in [0.4, 0.5) is 0 Å². The Morgan fingerprint density at radius 1 is 1.00 bits per heavy atom. The van der Waals surface area contributed by atoms with E-state index in [0.29, 0.717) is 0 Å². The highest BCUT2D eigenvalue weighted by atomic mass is 14.7. The average Bonchev–Trinajstić information content (AvgIpc) is 2.93. The molecule has 0 aromatic carbocycles. The number of rotatable bonds is 6. The van der Waals surface area contributed by atoms with Crippen molar-refractivity contribution in [1.29, 1.82) is 0 Å². The van der Waals surface area contributed by atoms with Crippen molar-refractivity contribution in [2.75, 3.05) is 0 Å². The van der Waals surface area contributed by atoms with Crippen LogP contribution in [-0.4, -0.2) is 0 Å². The van der Waals surface area contributed by atoms with E-state index in [-0.39, 0.29) is 0 Å². The van der Waals surface area contributed by atoms with Gasteiger partial charge in [-0.2, -0.15) is 0 Å². The molecule has 0 heterocycles. The van der Waals surface area contributed by atoms with E-state index in [2.05, 4.69) is 20.8 Å². The third-order valence-corrected chi connectivity index (χ3v) is 4.39. The van der Waals surface area contributed by atoms with E-state index >= 15 is 0 Å². The van der Waals surface area contributed by atoms with Gasteiger partial charge in [0.1, 0.15) is 0 Å². The fourth-order valence-corrected chi connectivity index (χ4v) is 3.39. The minimum atomic E-state index is 0.991. The Bertz CT molecular complexity index is 163. The molecule has 2 saturated carbocycles. The molecule has 13 heavy (non-hydrogen) atoms. The van der Waals surface area contributed by atoms with Gasteiger partial charge >= 0.3 is 0 Å². The summed E-state index contributed by atoms with van der Waals surface area (Å²) in [5.41, 5.74) is 0. The van der Waals surface area contributed by atoms with Gasteiger partial charge in [0.2, 0.25) is 0 Å². The van der Waals surface area contributed by atoms with Crippen LogP contribution >= 0.6 is 0 Å². The maximum absolute atomic E-state index is 2.43. The summed E-state index contributed by atoms with van der Waals surface area (Å²) < 4.78 is 0. The summed E-state index contributed by atoms with van der Waals surface area (Å²) in [7, 11) is 0. The molecule has 0 amide bonds. The Hall–Kier alpha value is 0. The summed E-state index contributed by atoms with van der Waals surface area (Å²) >= 11 is 0. The smallest absolute Gasteiger partial charge is 0.0318 e. The Morgan fingerprint density at radius 3 is 2.23 bits per heavy atom. The Morgan fingerprint density at radius 2 is 1.69 bits per heavy atom. The van der Waals surface area contributed by atoms with Crippen LogP contribution in [0.3, 0.4) is 0 Å². The van der Waals surface area contributed by atoms with Gasteiger partial charge in [-0.3, -0.25) is 0 Å². The van der Waals surface area contributed by atoms with Crippen molar-refractivity contribution >= 4 is 0 Å². The summed E-state index contributed by atoms with van der Waals surface area (Å²) in [6, 6.07) is 0. The van der Waals surface area contributed by atoms with E-state index in [1.807, 2.05) is 0 Å². The number of fused-ring (bicyclic) bond motifs is 1. The van der Waals surface area contributed by atoms with Crippen LogP contribution < -0.4 is 0 Å². The van der Waals surface area contributed by atoms with Gasteiger partial charge in [0.05, 0.1) is 0 Å². The monoisotopic (exact) mass is 180 g/mol. The van der Waals surface area contributed by atoms with E-state index in [4.69, 9.17) is 0 Å². The Balaban J connectivity index is 1.52. The Kier molecular flexibility index (Phi) is 2.67. The second-order valence-electron chi connectivity index (χ2n) is 5.36. The molecule has 0 radical (unpaired) electrons. The highest BCUT2D eigenvalue weighted by molar-refractivity contribution is 5.18. The first kappa shape index (κ1) is 9.55. The minimum Gasteiger partial charge on any atom is -0.0654 e. The fraction of sp³-hybridized carbons (Fsp3) is 1.00. The van der Waals surface area contributed by atoms with E-state index in [0.717, 1.165) is 5.92 Å². The fourth-order valence-electron chi connectivity index (χ4n) is 3.39. The van der Waals surface area contributed by atoms with Gasteiger partial charge in [-0.25, -0.2) is 0 Å². The third kappa shape index (κ3) is 1.78. The van der Waals surface area contributed by atoms with E-state index in [1.54, 1.807) is 6.42 Å². The molecule has 0 N–H and O–H groups in total. The quantitative estimate of drug-likeness (QED) is 0.577. The molecule has 0 nitrogen and oxygen atoms in total. The zero-order valence-electron chi connectivity index (χ0n) is 9.42. The van der Waals surface area contributed by atoms with Crippen LogP contribution in [0.25, 0.3) is 0 Å². The van der Waals surface area contributed by atoms with E-state index in [9.17, 15) is 0 Å². The molecule has 0 spiro atoms. The van der Waals surface area contributed by atoms with Crippen LogP contribution in [-0.2, 0) is 0 Å².